The quantitative estimate of drug-likeness (QED) is 0.423. The van der Waals surface area contributed by atoms with Crippen LogP contribution in [0.2, 0.25) is 0 Å². The third-order valence-electron chi connectivity index (χ3n) is 4.28. The molecular weight excluding hydrogens is 180 g/mol. The summed E-state index contributed by atoms with van der Waals surface area (Å²) < 4.78 is 0. The molecule has 0 aliphatic heterocycles. The van der Waals surface area contributed by atoms with Crippen molar-refractivity contribution in [3.8, 4) is 0 Å². The van der Waals surface area contributed by atoms with E-state index in [1.807, 2.05) is 0 Å². The van der Waals surface area contributed by atoms with E-state index in [0.29, 0.717) is 5.41 Å². The second-order valence-electron chi connectivity index (χ2n) is 5.49. The number of hydrogen-bond acceptors (Lipinski definition) is 0. The summed E-state index contributed by atoms with van der Waals surface area (Å²) in [5, 5.41) is 0. The SMILES string of the molecule is CCCCCC(CC)CC(C)(CC)CC. The molecule has 1 atom stereocenters. The first-order valence-electron chi connectivity index (χ1n) is 7.11. The highest BCUT2D eigenvalue weighted by atomic mass is 14.3. The second-order valence-corrected chi connectivity index (χ2v) is 5.49. The van der Waals surface area contributed by atoms with Gasteiger partial charge in [0.25, 0.3) is 0 Å². The molecule has 0 saturated heterocycles. The third kappa shape index (κ3) is 6.22. The van der Waals surface area contributed by atoms with Gasteiger partial charge < -0.3 is 0 Å². The first-order valence-corrected chi connectivity index (χ1v) is 7.11. The van der Waals surface area contributed by atoms with Gasteiger partial charge in [0.1, 0.15) is 0 Å². The molecule has 0 rings (SSSR count). The van der Waals surface area contributed by atoms with Gasteiger partial charge in [0.15, 0.2) is 0 Å². The summed E-state index contributed by atoms with van der Waals surface area (Å²) in [6.45, 7) is 11.8. The van der Waals surface area contributed by atoms with Gasteiger partial charge in [-0.05, 0) is 17.8 Å². The summed E-state index contributed by atoms with van der Waals surface area (Å²) in [5.41, 5.74) is 0.604. The van der Waals surface area contributed by atoms with E-state index in [-0.39, 0.29) is 0 Å². The van der Waals surface area contributed by atoms with Crippen LogP contribution in [-0.2, 0) is 0 Å². The lowest BCUT2D eigenvalue weighted by Gasteiger charge is -2.31. The summed E-state index contributed by atoms with van der Waals surface area (Å²) in [5.74, 6) is 0.974. The molecule has 0 heteroatoms. The Morgan fingerprint density at radius 2 is 1.53 bits per heavy atom. The maximum atomic E-state index is 2.47. The highest BCUT2D eigenvalue weighted by Crippen LogP contribution is 2.36. The number of unbranched alkanes of at least 4 members (excludes halogenated alkanes) is 2. The Bertz CT molecular complexity index is 133. The topological polar surface area (TPSA) is 0 Å². The van der Waals surface area contributed by atoms with Gasteiger partial charge in [-0.15, -0.1) is 0 Å². The van der Waals surface area contributed by atoms with Gasteiger partial charge in [-0.25, -0.2) is 0 Å². The van der Waals surface area contributed by atoms with E-state index in [1.54, 1.807) is 0 Å². The van der Waals surface area contributed by atoms with E-state index in [9.17, 15) is 0 Å². The summed E-state index contributed by atoms with van der Waals surface area (Å²) in [7, 11) is 0. The molecule has 0 spiro atoms. The number of rotatable bonds is 9. The van der Waals surface area contributed by atoms with Crippen LogP contribution >= 0.6 is 0 Å². The zero-order valence-corrected chi connectivity index (χ0v) is 11.7. The molecule has 0 radical (unpaired) electrons. The summed E-state index contributed by atoms with van der Waals surface area (Å²) >= 11 is 0. The summed E-state index contributed by atoms with van der Waals surface area (Å²) in [6.07, 6.45) is 11.2. The lowest BCUT2D eigenvalue weighted by atomic mass is 9.75. The zero-order valence-electron chi connectivity index (χ0n) is 11.7. The van der Waals surface area contributed by atoms with Crippen LogP contribution in [0.3, 0.4) is 0 Å². The normalized spacial score (nSPS) is 14.2. The molecule has 0 aromatic heterocycles. The molecular formula is C15H32. The first kappa shape index (κ1) is 15.0. The minimum Gasteiger partial charge on any atom is -0.0654 e. The lowest BCUT2D eigenvalue weighted by molar-refractivity contribution is 0.207. The molecule has 0 bridgehead atoms. The minimum atomic E-state index is 0.604. The van der Waals surface area contributed by atoms with Gasteiger partial charge in [0.05, 0.1) is 0 Å². The fourth-order valence-corrected chi connectivity index (χ4v) is 2.37. The molecule has 0 N–H and O–H groups in total. The van der Waals surface area contributed by atoms with Crippen LogP contribution in [0.25, 0.3) is 0 Å². The Labute approximate surface area is 97.8 Å². The molecule has 0 aliphatic rings. The van der Waals surface area contributed by atoms with Gasteiger partial charge >= 0.3 is 0 Å². The average Bonchev–Trinajstić information content (AvgIpc) is 2.27. The molecule has 92 valence electrons. The molecule has 15 heavy (non-hydrogen) atoms. The largest absolute Gasteiger partial charge is 0.0654 e. The van der Waals surface area contributed by atoms with E-state index in [4.69, 9.17) is 0 Å². The van der Waals surface area contributed by atoms with Gasteiger partial charge in [-0.2, -0.15) is 0 Å². The smallest absolute Gasteiger partial charge is 0.0328 e. The van der Waals surface area contributed by atoms with E-state index in [1.165, 1.54) is 51.4 Å². The molecule has 0 nitrogen and oxygen atoms in total. The van der Waals surface area contributed by atoms with Gasteiger partial charge in [0, 0.05) is 0 Å². The van der Waals surface area contributed by atoms with Gasteiger partial charge in [-0.3, -0.25) is 0 Å². The lowest BCUT2D eigenvalue weighted by Crippen LogP contribution is -2.19. The van der Waals surface area contributed by atoms with Crippen molar-refractivity contribution in [2.24, 2.45) is 11.3 Å². The Morgan fingerprint density at radius 1 is 0.933 bits per heavy atom. The standard InChI is InChI=1S/C15H32/c1-6-10-11-12-14(7-2)13-15(5,8-3)9-4/h14H,6-13H2,1-5H3. The van der Waals surface area contributed by atoms with Crippen molar-refractivity contribution in [3.05, 3.63) is 0 Å². The fraction of sp³-hybridized carbons (Fsp3) is 1.00. The van der Waals surface area contributed by atoms with Crippen LogP contribution in [0.5, 0.6) is 0 Å². The summed E-state index contributed by atoms with van der Waals surface area (Å²) in [6, 6.07) is 0. The monoisotopic (exact) mass is 212 g/mol. The third-order valence-corrected chi connectivity index (χ3v) is 4.28. The maximum absolute atomic E-state index is 2.47. The van der Waals surface area contributed by atoms with Crippen LogP contribution in [0, 0.1) is 11.3 Å². The Kier molecular flexibility index (Phi) is 8.19. The predicted octanol–water partition coefficient (Wildman–Crippen LogP) is 5.81. The highest BCUT2D eigenvalue weighted by Gasteiger charge is 2.23. The molecule has 0 saturated carbocycles. The van der Waals surface area contributed by atoms with Crippen molar-refractivity contribution in [2.45, 2.75) is 86.0 Å². The van der Waals surface area contributed by atoms with E-state index >= 15 is 0 Å². The van der Waals surface area contributed by atoms with Crippen molar-refractivity contribution < 1.29 is 0 Å². The van der Waals surface area contributed by atoms with Gasteiger partial charge in [0.2, 0.25) is 0 Å². The molecule has 0 fully saturated rings. The minimum absolute atomic E-state index is 0.604. The van der Waals surface area contributed by atoms with Crippen molar-refractivity contribution in [2.75, 3.05) is 0 Å². The predicted molar refractivity (Wildman–Crippen MR) is 71.2 cm³/mol. The molecule has 0 aromatic rings. The summed E-state index contributed by atoms with van der Waals surface area (Å²) in [4.78, 5) is 0. The van der Waals surface area contributed by atoms with Crippen LogP contribution in [0.15, 0.2) is 0 Å². The van der Waals surface area contributed by atoms with Crippen molar-refractivity contribution in [1.82, 2.24) is 0 Å². The molecule has 1 unspecified atom stereocenters. The molecule has 0 aromatic carbocycles. The van der Waals surface area contributed by atoms with E-state index < -0.39 is 0 Å². The first-order chi connectivity index (χ1) is 7.11. The average molecular weight is 212 g/mol. The van der Waals surface area contributed by atoms with Gasteiger partial charge in [-0.1, -0.05) is 79.6 Å². The van der Waals surface area contributed by atoms with Crippen molar-refractivity contribution in [3.63, 3.8) is 0 Å². The molecule has 0 amide bonds. The van der Waals surface area contributed by atoms with Crippen LogP contribution in [0.1, 0.15) is 86.0 Å². The Morgan fingerprint density at radius 3 is 1.93 bits per heavy atom. The Balaban J connectivity index is 3.95. The maximum Gasteiger partial charge on any atom is -0.0328 e. The highest BCUT2D eigenvalue weighted by molar-refractivity contribution is 4.75. The van der Waals surface area contributed by atoms with Crippen molar-refractivity contribution >= 4 is 0 Å². The van der Waals surface area contributed by atoms with E-state index in [2.05, 4.69) is 34.6 Å². The van der Waals surface area contributed by atoms with Crippen LogP contribution < -0.4 is 0 Å². The van der Waals surface area contributed by atoms with E-state index in [0.717, 1.165) is 5.92 Å². The fourth-order valence-electron chi connectivity index (χ4n) is 2.37. The van der Waals surface area contributed by atoms with Crippen LogP contribution in [0.4, 0.5) is 0 Å². The van der Waals surface area contributed by atoms with Crippen LogP contribution in [-0.4, -0.2) is 0 Å². The zero-order chi connectivity index (χ0) is 11.7. The Hall–Kier alpha value is 0. The molecule has 0 aliphatic carbocycles. The van der Waals surface area contributed by atoms with Crippen molar-refractivity contribution in [1.29, 1.82) is 0 Å². The number of hydrogen-bond donors (Lipinski definition) is 0. The second kappa shape index (κ2) is 8.19. The molecule has 0 heterocycles.